The second-order valence-corrected chi connectivity index (χ2v) is 6.43. The molecule has 0 amide bonds. The predicted molar refractivity (Wildman–Crippen MR) is 90.5 cm³/mol. The summed E-state index contributed by atoms with van der Waals surface area (Å²) >= 11 is 7.10. The van der Waals surface area contributed by atoms with Crippen molar-refractivity contribution in [3.8, 4) is 0 Å². The molecule has 0 aliphatic carbocycles. The summed E-state index contributed by atoms with van der Waals surface area (Å²) in [6.07, 6.45) is 0.635. The zero-order valence-corrected chi connectivity index (χ0v) is 14.8. The Bertz CT molecular complexity index is 622. The van der Waals surface area contributed by atoms with E-state index >= 15 is 0 Å². The van der Waals surface area contributed by atoms with Crippen molar-refractivity contribution in [2.45, 2.75) is 18.8 Å². The summed E-state index contributed by atoms with van der Waals surface area (Å²) in [6.45, 7) is 1.97. The first kappa shape index (κ1) is 16.6. The van der Waals surface area contributed by atoms with Crippen molar-refractivity contribution in [1.29, 1.82) is 0 Å². The fourth-order valence-corrected chi connectivity index (χ4v) is 4.37. The van der Waals surface area contributed by atoms with Crippen molar-refractivity contribution in [2.75, 3.05) is 10.7 Å². The van der Waals surface area contributed by atoms with Crippen molar-refractivity contribution in [3.05, 3.63) is 70.8 Å². The van der Waals surface area contributed by atoms with Gasteiger partial charge in [0.1, 0.15) is 11.6 Å². The summed E-state index contributed by atoms with van der Waals surface area (Å²) in [5.41, 5.74) is 2.57. The molecule has 0 N–H and O–H groups in total. The average molecular weight is 418 g/mol. The Morgan fingerprint density at radius 3 is 2.24 bits per heavy atom. The Kier molecular flexibility index (Phi) is 5.55. The molecule has 0 bridgehead atoms. The van der Waals surface area contributed by atoms with E-state index < -0.39 is 0 Å². The van der Waals surface area contributed by atoms with Gasteiger partial charge in [-0.3, -0.25) is 0 Å². The number of benzene rings is 2. The van der Waals surface area contributed by atoms with E-state index in [1.54, 1.807) is 24.3 Å². The van der Waals surface area contributed by atoms with Crippen molar-refractivity contribution in [2.24, 2.45) is 0 Å². The number of aryl methyl sites for hydroxylation is 1. The molecule has 0 fully saturated rings. The molecule has 112 valence electrons. The van der Waals surface area contributed by atoms with Gasteiger partial charge in [-0.2, -0.15) is 0 Å². The zero-order chi connectivity index (χ0) is 15.5. The van der Waals surface area contributed by atoms with E-state index in [4.69, 9.17) is 0 Å². The molecular formula is C17H16Br2F2. The molecule has 2 rings (SSSR count). The lowest BCUT2D eigenvalue weighted by Gasteiger charge is -2.31. The molecule has 0 aromatic heterocycles. The van der Waals surface area contributed by atoms with Crippen LogP contribution in [0.15, 0.2) is 42.5 Å². The van der Waals surface area contributed by atoms with Gasteiger partial charge in [-0.05, 0) is 54.3 Å². The molecule has 0 spiro atoms. The molecule has 0 heterocycles. The third-order valence-electron chi connectivity index (χ3n) is 3.79. The van der Waals surface area contributed by atoms with Crippen LogP contribution in [-0.4, -0.2) is 10.7 Å². The van der Waals surface area contributed by atoms with Crippen LogP contribution in [-0.2, 0) is 11.8 Å². The first-order valence-corrected chi connectivity index (χ1v) is 8.88. The minimum atomic E-state index is -0.319. The maximum atomic E-state index is 13.6. The van der Waals surface area contributed by atoms with Crippen LogP contribution in [0.2, 0.25) is 0 Å². The fourth-order valence-electron chi connectivity index (χ4n) is 2.40. The number of hydrogen-bond acceptors (Lipinski definition) is 0. The summed E-state index contributed by atoms with van der Waals surface area (Å²) in [5.74, 6) is -0.498. The number of hydrogen-bond donors (Lipinski definition) is 0. The highest BCUT2D eigenvalue weighted by molar-refractivity contribution is 9.09. The van der Waals surface area contributed by atoms with Gasteiger partial charge in [-0.1, -0.05) is 50.1 Å². The van der Waals surface area contributed by atoms with E-state index in [-0.39, 0.29) is 17.0 Å². The highest BCUT2D eigenvalue weighted by atomic mass is 79.9. The van der Waals surface area contributed by atoms with Crippen LogP contribution in [0.4, 0.5) is 8.78 Å². The van der Waals surface area contributed by atoms with Gasteiger partial charge in [0.2, 0.25) is 0 Å². The molecule has 0 radical (unpaired) electrons. The van der Waals surface area contributed by atoms with Crippen LogP contribution in [0, 0.1) is 18.6 Å². The van der Waals surface area contributed by atoms with Crippen molar-refractivity contribution in [1.82, 2.24) is 0 Å². The molecule has 0 saturated carbocycles. The monoisotopic (exact) mass is 416 g/mol. The van der Waals surface area contributed by atoms with Gasteiger partial charge < -0.3 is 0 Å². The topological polar surface area (TPSA) is 0 Å². The molecule has 0 nitrogen and oxygen atoms in total. The van der Waals surface area contributed by atoms with Crippen molar-refractivity contribution >= 4 is 31.9 Å². The smallest absolute Gasteiger partial charge is 0.123 e. The first-order valence-electron chi connectivity index (χ1n) is 6.64. The number of alkyl halides is 2. The maximum Gasteiger partial charge on any atom is 0.123 e. The lowest BCUT2D eigenvalue weighted by atomic mass is 9.78. The van der Waals surface area contributed by atoms with Gasteiger partial charge in [0.05, 0.1) is 0 Å². The van der Waals surface area contributed by atoms with Gasteiger partial charge >= 0.3 is 0 Å². The standard InChI is InChI=1S/C17H16Br2F2/c1-12-5-6-16(21)7-13(12)9-17(10-18,11-19)14-3-2-4-15(20)8-14/h2-8H,9-11H2,1H3. The summed E-state index contributed by atoms with van der Waals surface area (Å²) in [4.78, 5) is 0. The highest BCUT2D eigenvalue weighted by Crippen LogP contribution is 2.34. The van der Waals surface area contributed by atoms with E-state index in [0.29, 0.717) is 17.1 Å². The SMILES string of the molecule is Cc1ccc(F)cc1CC(CBr)(CBr)c1cccc(F)c1. The van der Waals surface area contributed by atoms with E-state index in [9.17, 15) is 8.78 Å². The van der Waals surface area contributed by atoms with Gasteiger partial charge in [-0.15, -0.1) is 0 Å². The minimum absolute atomic E-state index is 0.243. The quantitative estimate of drug-likeness (QED) is 0.560. The molecule has 0 unspecified atom stereocenters. The first-order chi connectivity index (χ1) is 10.0. The van der Waals surface area contributed by atoms with E-state index in [1.807, 2.05) is 13.0 Å². The molecule has 2 aromatic rings. The van der Waals surface area contributed by atoms with Gasteiger partial charge in [-0.25, -0.2) is 8.78 Å². The molecular weight excluding hydrogens is 402 g/mol. The minimum Gasteiger partial charge on any atom is -0.207 e. The van der Waals surface area contributed by atoms with Crippen molar-refractivity contribution < 1.29 is 8.78 Å². The molecule has 0 atom stereocenters. The van der Waals surface area contributed by atoms with Crippen LogP contribution in [0.25, 0.3) is 0 Å². The van der Waals surface area contributed by atoms with Crippen LogP contribution in [0.5, 0.6) is 0 Å². The van der Waals surface area contributed by atoms with Crippen LogP contribution in [0.1, 0.15) is 16.7 Å². The number of halogens is 4. The maximum absolute atomic E-state index is 13.6. The fraction of sp³-hybridized carbons (Fsp3) is 0.294. The summed E-state index contributed by atoms with van der Waals surface area (Å²) in [5, 5.41) is 1.31. The van der Waals surface area contributed by atoms with E-state index in [0.717, 1.165) is 16.7 Å². The third-order valence-corrected chi connectivity index (χ3v) is 5.94. The van der Waals surface area contributed by atoms with Crippen LogP contribution in [0.3, 0.4) is 0 Å². The second-order valence-electron chi connectivity index (χ2n) is 5.31. The number of rotatable bonds is 5. The van der Waals surface area contributed by atoms with E-state index in [1.165, 1.54) is 12.1 Å². The lowest BCUT2D eigenvalue weighted by molar-refractivity contribution is 0.536. The Labute approximate surface area is 140 Å². The molecule has 21 heavy (non-hydrogen) atoms. The van der Waals surface area contributed by atoms with Crippen LogP contribution >= 0.6 is 31.9 Å². The third kappa shape index (κ3) is 3.72. The average Bonchev–Trinajstić information content (AvgIpc) is 2.48. The van der Waals surface area contributed by atoms with Gasteiger partial charge in [0, 0.05) is 16.1 Å². The normalized spacial score (nSPS) is 11.7. The molecule has 0 saturated heterocycles. The van der Waals surface area contributed by atoms with Crippen molar-refractivity contribution in [3.63, 3.8) is 0 Å². The molecule has 0 aliphatic rings. The van der Waals surface area contributed by atoms with Gasteiger partial charge in [0.15, 0.2) is 0 Å². The predicted octanol–water partition coefficient (Wildman–Crippen LogP) is 5.54. The summed E-state index contributed by atoms with van der Waals surface area (Å²) < 4.78 is 27.1. The lowest BCUT2D eigenvalue weighted by Crippen LogP contribution is -2.33. The van der Waals surface area contributed by atoms with E-state index in [2.05, 4.69) is 31.9 Å². The summed E-state index contributed by atoms with van der Waals surface area (Å²) in [7, 11) is 0. The zero-order valence-electron chi connectivity index (χ0n) is 11.7. The highest BCUT2D eigenvalue weighted by Gasteiger charge is 2.31. The molecule has 0 aliphatic heterocycles. The molecule has 4 heteroatoms. The second kappa shape index (κ2) is 7.01. The molecule has 2 aromatic carbocycles. The Hall–Kier alpha value is -0.740. The van der Waals surface area contributed by atoms with Gasteiger partial charge in [0.25, 0.3) is 0 Å². The largest absolute Gasteiger partial charge is 0.207 e. The Morgan fingerprint density at radius 1 is 0.952 bits per heavy atom. The Balaban J connectivity index is 2.45. The Morgan fingerprint density at radius 2 is 1.62 bits per heavy atom. The van der Waals surface area contributed by atoms with Crippen LogP contribution < -0.4 is 0 Å². The summed E-state index contributed by atoms with van der Waals surface area (Å²) in [6, 6.07) is 11.4.